The lowest BCUT2D eigenvalue weighted by Crippen LogP contribution is -2.48. The lowest BCUT2D eigenvalue weighted by atomic mass is 9.74. The summed E-state index contributed by atoms with van der Waals surface area (Å²) < 4.78 is 0. The van der Waals surface area contributed by atoms with Crippen LogP contribution in [0.2, 0.25) is 0 Å². The van der Waals surface area contributed by atoms with Crippen LogP contribution in [0.4, 0.5) is 0 Å². The van der Waals surface area contributed by atoms with Gasteiger partial charge in [-0.3, -0.25) is 4.79 Å². The first kappa shape index (κ1) is 9.00. The van der Waals surface area contributed by atoms with E-state index in [9.17, 15) is 4.79 Å². The van der Waals surface area contributed by atoms with Crippen LogP contribution in [0.1, 0.15) is 32.1 Å². The highest BCUT2D eigenvalue weighted by atomic mass is 16.4. The summed E-state index contributed by atoms with van der Waals surface area (Å²) in [4.78, 5) is 10.8. The molecule has 1 aliphatic heterocycles. The second-order valence-electron chi connectivity index (χ2n) is 4.34. The third kappa shape index (κ3) is 1.85. The molecule has 13 heavy (non-hydrogen) atoms. The van der Waals surface area contributed by atoms with Gasteiger partial charge in [-0.15, -0.1) is 0 Å². The fraction of sp³-hybridized carbons (Fsp3) is 0.900. The first-order valence-corrected chi connectivity index (χ1v) is 5.23. The summed E-state index contributed by atoms with van der Waals surface area (Å²) in [5.41, 5.74) is 0. The van der Waals surface area contributed by atoms with E-state index in [2.05, 4.69) is 5.32 Å². The van der Waals surface area contributed by atoms with Gasteiger partial charge in [0.05, 0.1) is 0 Å². The van der Waals surface area contributed by atoms with Gasteiger partial charge in [-0.25, -0.2) is 0 Å². The van der Waals surface area contributed by atoms with Gasteiger partial charge in [0, 0.05) is 0 Å². The first-order valence-electron chi connectivity index (χ1n) is 5.23. The maximum atomic E-state index is 10.8. The third-order valence-corrected chi connectivity index (χ3v) is 3.53. The normalized spacial score (nSPS) is 39.5. The van der Waals surface area contributed by atoms with Crippen LogP contribution in [0, 0.1) is 11.8 Å². The Labute approximate surface area is 78.5 Å². The van der Waals surface area contributed by atoms with E-state index in [0.717, 1.165) is 18.9 Å². The second kappa shape index (κ2) is 3.66. The summed E-state index contributed by atoms with van der Waals surface area (Å²) in [7, 11) is 0. The number of nitrogens with one attached hydrogen (secondary N) is 1. The number of carboxylic acid groups (broad SMARTS) is 1. The standard InChI is InChI=1S/C10H17NO2/c12-10(13)9-5-7-3-1-2-4-8(7)6-11-9/h7-9,11H,1-6H2,(H,12,13)/t7-,8-,9-/m1/s1. The smallest absolute Gasteiger partial charge is 0.320 e. The molecule has 0 unspecified atom stereocenters. The molecule has 2 rings (SSSR count). The van der Waals surface area contributed by atoms with Crippen LogP contribution in [0.3, 0.4) is 0 Å². The van der Waals surface area contributed by atoms with Gasteiger partial charge >= 0.3 is 5.97 Å². The van der Waals surface area contributed by atoms with E-state index < -0.39 is 5.97 Å². The molecule has 3 nitrogen and oxygen atoms in total. The zero-order chi connectivity index (χ0) is 9.26. The van der Waals surface area contributed by atoms with E-state index in [1.807, 2.05) is 0 Å². The van der Waals surface area contributed by atoms with Crippen molar-refractivity contribution in [3.63, 3.8) is 0 Å². The van der Waals surface area contributed by atoms with Crippen LogP contribution in [-0.4, -0.2) is 23.7 Å². The molecule has 0 amide bonds. The van der Waals surface area contributed by atoms with E-state index >= 15 is 0 Å². The minimum absolute atomic E-state index is 0.278. The molecule has 1 saturated heterocycles. The third-order valence-electron chi connectivity index (χ3n) is 3.53. The number of aliphatic carboxylic acids is 1. The van der Waals surface area contributed by atoms with Gasteiger partial charge in [-0.1, -0.05) is 19.3 Å². The zero-order valence-corrected chi connectivity index (χ0v) is 7.83. The van der Waals surface area contributed by atoms with Gasteiger partial charge in [0.1, 0.15) is 6.04 Å². The molecular formula is C10H17NO2. The quantitative estimate of drug-likeness (QED) is 0.643. The number of carboxylic acids is 1. The van der Waals surface area contributed by atoms with E-state index in [1.165, 1.54) is 25.7 Å². The number of piperidine rings is 1. The van der Waals surface area contributed by atoms with Crippen molar-refractivity contribution in [2.75, 3.05) is 6.54 Å². The number of hydrogen-bond donors (Lipinski definition) is 2. The Morgan fingerprint density at radius 3 is 2.62 bits per heavy atom. The van der Waals surface area contributed by atoms with Gasteiger partial charge in [-0.2, -0.15) is 0 Å². The number of carbonyl (C=O) groups is 1. The Kier molecular flexibility index (Phi) is 2.54. The monoisotopic (exact) mass is 183 g/mol. The van der Waals surface area contributed by atoms with Gasteiger partial charge in [0.2, 0.25) is 0 Å². The average molecular weight is 183 g/mol. The Morgan fingerprint density at radius 2 is 1.92 bits per heavy atom. The average Bonchev–Trinajstić information content (AvgIpc) is 2.17. The van der Waals surface area contributed by atoms with Crippen LogP contribution in [0.25, 0.3) is 0 Å². The van der Waals surface area contributed by atoms with E-state index in [1.54, 1.807) is 0 Å². The molecule has 0 aromatic carbocycles. The van der Waals surface area contributed by atoms with Crippen molar-refractivity contribution in [3.05, 3.63) is 0 Å². The molecule has 3 heteroatoms. The van der Waals surface area contributed by atoms with Gasteiger partial charge in [0.15, 0.2) is 0 Å². The molecule has 2 fully saturated rings. The van der Waals surface area contributed by atoms with Crippen molar-refractivity contribution in [3.8, 4) is 0 Å². The highest BCUT2D eigenvalue weighted by Crippen LogP contribution is 2.35. The summed E-state index contributed by atoms with van der Waals surface area (Å²) in [6.07, 6.45) is 6.02. The highest BCUT2D eigenvalue weighted by Gasteiger charge is 2.34. The zero-order valence-electron chi connectivity index (χ0n) is 7.83. The molecule has 0 aromatic heterocycles. The van der Waals surface area contributed by atoms with Gasteiger partial charge in [-0.05, 0) is 31.2 Å². The Bertz CT molecular complexity index is 205. The molecule has 0 bridgehead atoms. The van der Waals surface area contributed by atoms with Gasteiger partial charge < -0.3 is 10.4 Å². The lowest BCUT2D eigenvalue weighted by molar-refractivity contribution is -0.141. The van der Waals surface area contributed by atoms with E-state index in [4.69, 9.17) is 5.11 Å². The van der Waals surface area contributed by atoms with Crippen molar-refractivity contribution in [2.24, 2.45) is 11.8 Å². The molecule has 1 aliphatic carbocycles. The molecule has 74 valence electrons. The van der Waals surface area contributed by atoms with Crippen molar-refractivity contribution < 1.29 is 9.90 Å². The maximum Gasteiger partial charge on any atom is 0.320 e. The second-order valence-corrected chi connectivity index (χ2v) is 4.34. The minimum Gasteiger partial charge on any atom is -0.480 e. The minimum atomic E-state index is -0.677. The van der Waals surface area contributed by atoms with Crippen molar-refractivity contribution in [2.45, 2.75) is 38.1 Å². The molecule has 1 heterocycles. The summed E-state index contributed by atoms with van der Waals surface area (Å²) in [5, 5.41) is 12.0. The summed E-state index contributed by atoms with van der Waals surface area (Å²) in [6.45, 7) is 0.918. The van der Waals surface area contributed by atoms with Crippen LogP contribution in [0.5, 0.6) is 0 Å². The highest BCUT2D eigenvalue weighted by molar-refractivity contribution is 5.73. The first-order chi connectivity index (χ1) is 6.27. The summed E-state index contributed by atoms with van der Waals surface area (Å²) in [5.74, 6) is 0.754. The summed E-state index contributed by atoms with van der Waals surface area (Å²) in [6, 6.07) is -0.278. The Hall–Kier alpha value is -0.570. The van der Waals surface area contributed by atoms with Crippen LogP contribution < -0.4 is 5.32 Å². The topological polar surface area (TPSA) is 49.3 Å². The Morgan fingerprint density at radius 1 is 1.23 bits per heavy atom. The predicted octanol–water partition coefficient (Wildman–Crippen LogP) is 1.24. The van der Waals surface area contributed by atoms with Gasteiger partial charge in [0.25, 0.3) is 0 Å². The molecular weight excluding hydrogens is 166 g/mol. The molecule has 0 aromatic rings. The molecule has 3 atom stereocenters. The molecule has 2 N–H and O–H groups in total. The van der Waals surface area contributed by atoms with Crippen LogP contribution in [-0.2, 0) is 4.79 Å². The fourth-order valence-corrected chi connectivity index (χ4v) is 2.73. The maximum absolute atomic E-state index is 10.8. The number of rotatable bonds is 1. The van der Waals surface area contributed by atoms with E-state index in [-0.39, 0.29) is 6.04 Å². The van der Waals surface area contributed by atoms with Crippen LogP contribution >= 0.6 is 0 Å². The fourth-order valence-electron chi connectivity index (χ4n) is 2.73. The van der Waals surface area contributed by atoms with Crippen LogP contribution in [0.15, 0.2) is 0 Å². The van der Waals surface area contributed by atoms with Crippen molar-refractivity contribution in [1.29, 1.82) is 0 Å². The molecule has 1 saturated carbocycles. The molecule has 0 radical (unpaired) electrons. The SMILES string of the molecule is O=C(O)[C@H]1C[C@H]2CCCC[C@@H]2CN1. The Balaban J connectivity index is 1.95. The lowest BCUT2D eigenvalue weighted by Gasteiger charge is -2.38. The van der Waals surface area contributed by atoms with Crippen molar-refractivity contribution >= 4 is 5.97 Å². The number of fused-ring (bicyclic) bond motifs is 1. The predicted molar refractivity (Wildman–Crippen MR) is 49.5 cm³/mol. The largest absolute Gasteiger partial charge is 0.480 e. The van der Waals surface area contributed by atoms with E-state index in [0.29, 0.717) is 5.92 Å². The van der Waals surface area contributed by atoms with Crippen molar-refractivity contribution in [1.82, 2.24) is 5.32 Å². The molecule has 2 aliphatic rings. The molecule has 0 spiro atoms. The number of hydrogen-bond acceptors (Lipinski definition) is 2. The summed E-state index contributed by atoms with van der Waals surface area (Å²) >= 11 is 0.